The molecule has 0 atom stereocenters. The molecule has 1 heterocycles. The van der Waals surface area contributed by atoms with Crippen molar-refractivity contribution in [3.05, 3.63) is 95.6 Å². The van der Waals surface area contributed by atoms with Crippen LogP contribution in [0.3, 0.4) is 0 Å². The third kappa shape index (κ3) is 5.08. The lowest BCUT2D eigenvalue weighted by molar-refractivity contribution is 0.0697. The van der Waals surface area contributed by atoms with Crippen LogP contribution in [0.15, 0.2) is 72.8 Å². The third-order valence-electron chi connectivity index (χ3n) is 4.62. The Hall–Kier alpha value is -3.47. The van der Waals surface area contributed by atoms with E-state index in [-0.39, 0.29) is 0 Å². The van der Waals surface area contributed by atoms with Crippen molar-refractivity contribution in [3.8, 4) is 11.1 Å². The van der Waals surface area contributed by atoms with Gasteiger partial charge in [0.2, 0.25) is 0 Å². The van der Waals surface area contributed by atoms with Crippen molar-refractivity contribution in [2.75, 3.05) is 0 Å². The zero-order valence-corrected chi connectivity index (χ0v) is 16.7. The summed E-state index contributed by atoms with van der Waals surface area (Å²) < 4.78 is 1.94. The van der Waals surface area contributed by atoms with Gasteiger partial charge in [0.25, 0.3) is 0 Å². The number of carboxylic acids is 1. The molecule has 5 nitrogen and oxygen atoms in total. The summed E-state index contributed by atoms with van der Waals surface area (Å²) in [6.07, 6.45) is 9.60. The van der Waals surface area contributed by atoms with E-state index in [0.29, 0.717) is 12.1 Å². The van der Waals surface area contributed by atoms with E-state index in [4.69, 9.17) is 0 Å². The van der Waals surface area contributed by atoms with Crippen LogP contribution in [0.2, 0.25) is 0 Å². The molecule has 0 unspecified atom stereocenters. The topological polar surface area (TPSA) is 68.0 Å². The molecule has 5 heteroatoms. The van der Waals surface area contributed by atoms with E-state index in [9.17, 15) is 9.90 Å². The first-order valence-electron chi connectivity index (χ1n) is 9.69. The van der Waals surface area contributed by atoms with Crippen LogP contribution in [0.1, 0.15) is 41.4 Å². The number of nitrogens with zero attached hydrogens (tertiary/aromatic N) is 3. The Bertz CT molecular complexity index is 1030. The van der Waals surface area contributed by atoms with Gasteiger partial charge in [0, 0.05) is 12.8 Å². The SMILES string of the molecule is C/C=C/Cc1nc(C/C=C/C)n(Cc2ccc(-c3ccccc3C(=O)O)cc2)n1. The van der Waals surface area contributed by atoms with Crippen LogP contribution in [0, 0.1) is 0 Å². The smallest absolute Gasteiger partial charge is 0.336 e. The van der Waals surface area contributed by atoms with Crippen LogP contribution < -0.4 is 0 Å². The van der Waals surface area contributed by atoms with Crippen molar-refractivity contribution in [2.45, 2.75) is 33.2 Å². The van der Waals surface area contributed by atoms with E-state index in [0.717, 1.165) is 41.2 Å². The lowest BCUT2D eigenvalue weighted by Gasteiger charge is -2.08. The molecule has 2 aromatic carbocycles. The second kappa shape index (κ2) is 9.64. The van der Waals surface area contributed by atoms with Crippen LogP contribution in [0.4, 0.5) is 0 Å². The molecule has 0 aliphatic carbocycles. The van der Waals surface area contributed by atoms with Crippen LogP contribution >= 0.6 is 0 Å². The van der Waals surface area contributed by atoms with Crippen LogP contribution in [0.5, 0.6) is 0 Å². The van der Waals surface area contributed by atoms with E-state index in [1.165, 1.54) is 0 Å². The average molecular weight is 387 g/mol. The molecule has 3 rings (SSSR count). The normalized spacial score (nSPS) is 11.5. The van der Waals surface area contributed by atoms with E-state index in [1.54, 1.807) is 12.1 Å². The van der Waals surface area contributed by atoms with Crippen molar-refractivity contribution < 1.29 is 9.90 Å². The van der Waals surface area contributed by atoms with Gasteiger partial charge in [-0.1, -0.05) is 66.8 Å². The Kier molecular flexibility index (Phi) is 6.74. The second-order valence-electron chi connectivity index (χ2n) is 6.70. The summed E-state index contributed by atoms with van der Waals surface area (Å²) in [7, 11) is 0. The third-order valence-corrected chi connectivity index (χ3v) is 4.62. The molecule has 0 radical (unpaired) electrons. The fraction of sp³-hybridized carbons (Fsp3) is 0.208. The Morgan fingerprint density at radius 1 is 1.00 bits per heavy atom. The minimum absolute atomic E-state index is 0.304. The minimum atomic E-state index is -0.922. The Labute approximate surface area is 171 Å². The zero-order chi connectivity index (χ0) is 20.6. The first-order valence-corrected chi connectivity index (χ1v) is 9.69. The highest BCUT2D eigenvalue weighted by molar-refractivity contribution is 5.95. The van der Waals surface area contributed by atoms with Crippen molar-refractivity contribution in [2.24, 2.45) is 0 Å². The number of benzene rings is 2. The molecule has 0 saturated heterocycles. The van der Waals surface area contributed by atoms with Gasteiger partial charge < -0.3 is 5.11 Å². The molecule has 3 aromatic rings. The molecular formula is C24H25N3O2. The van der Waals surface area contributed by atoms with Crippen molar-refractivity contribution in [3.63, 3.8) is 0 Å². The number of carbonyl (C=O) groups is 1. The Morgan fingerprint density at radius 2 is 1.69 bits per heavy atom. The van der Waals surface area contributed by atoms with Gasteiger partial charge in [-0.15, -0.1) is 0 Å². The van der Waals surface area contributed by atoms with Crippen molar-refractivity contribution in [1.29, 1.82) is 0 Å². The molecule has 0 spiro atoms. The summed E-state index contributed by atoms with van der Waals surface area (Å²) in [6.45, 7) is 4.60. The van der Waals surface area contributed by atoms with E-state index >= 15 is 0 Å². The van der Waals surface area contributed by atoms with E-state index < -0.39 is 5.97 Å². The van der Waals surface area contributed by atoms with Gasteiger partial charge in [-0.2, -0.15) is 5.10 Å². The molecule has 1 aromatic heterocycles. The van der Waals surface area contributed by atoms with Gasteiger partial charge in [-0.25, -0.2) is 14.5 Å². The molecule has 0 bridgehead atoms. The molecular weight excluding hydrogens is 362 g/mol. The standard InChI is InChI=1S/C24H25N3O2/c1-3-5-11-22-25-23(12-6-4-2)27(26-22)17-18-13-15-19(16-14-18)20-9-7-8-10-21(20)24(28)29/h3-10,13-16H,11-12,17H2,1-2H3,(H,28,29)/b5-3+,6-4+. The number of rotatable bonds is 8. The summed E-state index contributed by atoms with van der Waals surface area (Å²) in [5.74, 6) is 0.826. The molecule has 0 saturated carbocycles. The van der Waals surface area contributed by atoms with Gasteiger partial charge in [0.05, 0.1) is 12.1 Å². The van der Waals surface area contributed by atoms with Gasteiger partial charge in [-0.3, -0.25) is 0 Å². The van der Waals surface area contributed by atoms with Gasteiger partial charge in [0.1, 0.15) is 5.82 Å². The first kappa shape index (κ1) is 20.3. The number of aromatic carboxylic acids is 1. The predicted molar refractivity (Wildman–Crippen MR) is 115 cm³/mol. The first-order chi connectivity index (χ1) is 14.1. The maximum Gasteiger partial charge on any atom is 0.336 e. The summed E-state index contributed by atoms with van der Waals surface area (Å²) in [5.41, 5.74) is 2.99. The molecule has 29 heavy (non-hydrogen) atoms. The Morgan fingerprint density at radius 3 is 2.38 bits per heavy atom. The number of carboxylic acid groups (broad SMARTS) is 1. The van der Waals surface area contributed by atoms with E-state index in [2.05, 4.69) is 16.2 Å². The van der Waals surface area contributed by atoms with Gasteiger partial charge >= 0.3 is 5.97 Å². The highest BCUT2D eigenvalue weighted by atomic mass is 16.4. The molecule has 148 valence electrons. The monoisotopic (exact) mass is 387 g/mol. The summed E-state index contributed by atoms with van der Waals surface area (Å²) in [5, 5.41) is 14.1. The maximum absolute atomic E-state index is 11.5. The lowest BCUT2D eigenvalue weighted by atomic mass is 9.99. The average Bonchev–Trinajstić information content (AvgIpc) is 3.12. The second-order valence-corrected chi connectivity index (χ2v) is 6.70. The number of hydrogen-bond acceptors (Lipinski definition) is 3. The highest BCUT2D eigenvalue weighted by Gasteiger charge is 2.12. The molecule has 1 N–H and O–H groups in total. The van der Waals surface area contributed by atoms with Crippen LogP contribution in [0.25, 0.3) is 11.1 Å². The minimum Gasteiger partial charge on any atom is -0.478 e. The molecule has 0 fully saturated rings. The van der Waals surface area contributed by atoms with Crippen molar-refractivity contribution >= 4 is 5.97 Å². The predicted octanol–water partition coefficient (Wildman–Crippen LogP) is 4.93. The van der Waals surface area contributed by atoms with Crippen LogP contribution in [-0.4, -0.2) is 25.8 Å². The Balaban J connectivity index is 1.84. The highest BCUT2D eigenvalue weighted by Crippen LogP contribution is 2.24. The largest absolute Gasteiger partial charge is 0.478 e. The van der Waals surface area contributed by atoms with E-state index in [1.807, 2.05) is 73.2 Å². The fourth-order valence-electron chi connectivity index (χ4n) is 3.12. The number of allylic oxidation sites excluding steroid dienone is 4. The molecule has 0 aliphatic heterocycles. The molecule has 0 amide bonds. The van der Waals surface area contributed by atoms with Gasteiger partial charge in [0.15, 0.2) is 5.82 Å². The summed E-state index contributed by atoms with van der Waals surface area (Å²) in [6, 6.07) is 15.0. The molecule has 0 aliphatic rings. The number of aromatic nitrogens is 3. The van der Waals surface area contributed by atoms with Crippen molar-refractivity contribution in [1.82, 2.24) is 14.8 Å². The fourth-order valence-corrected chi connectivity index (χ4v) is 3.12. The quantitative estimate of drug-likeness (QED) is 0.557. The summed E-state index contributed by atoms with van der Waals surface area (Å²) >= 11 is 0. The maximum atomic E-state index is 11.5. The zero-order valence-electron chi connectivity index (χ0n) is 16.7. The van der Waals surface area contributed by atoms with Gasteiger partial charge in [-0.05, 0) is 36.6 Å². The lowest BCUT2D eigenvalue weighted by Crippen LogP contribution is -2.06. The summed E-state index contributed by atoms with van der Waals surface area (Å²) in [4.78, 5) is 16.1. The number of hydrogen-bond donors (Lipinski definition) is 1. The van der Waals surface area contributed by atoms with Crippen LogP contribution in [-0.2, 0) is 19.4 Å².